The van der Waals surface area contributed by atoms with E-state index < -0.39 is 11.6 Å². The van der Waals surface area contributed by atoms with Gasteiger partial charge in [-0.3, -0.25) is 0 Å². The molecule has 0 fully saturated rings. The lowest BCUT2D eigenvalue weighted by Gasteiger charge is -2.11. The van der Waals surface area contributed by atoms with E-state index in [0.29, 0.717) is 12.1 Å². The van der Waals surface area contributed by atoms with Gasteiger partial charge in [0.25, 0.3) is 0 Å². The molecule has 74 valence electrons. The van der Waals surface area contributed by atoms with E-state index in [2.05, 4.69) is 11.2 Å². The summed E-state index contributed by atoms with van der Waals surface area (Å²) in [5.74, 6) is 0.731. The normalized spacial score (nSPS) is 12.1. The minimum Gasteiger partial charge on any atom is -0.300 e. The van der Waals surface area contributed by atoms with Crippen molar-refractivity contribution in [3.05, 3.63) is 35.4 Å². The topological polar surface area (TPSA) is 12.0 Å². The molecule has 0 aliphatic heterocycles. The van der Waals surface area contributed by atoms with Gasteiger partial charge in [0.2, 0.25) is 0 Å². The predicted octanol–water partition coefficient (Wildman–Crippen LogP) is 2.25. The SMILES string of the molecule is C#CC(NCC)c1ccc(F)c(F)c1. The van der Waals surface area contributed by atoms with Crippen LogP contribution in [-0.4, -0.2) is 6.54 Å². The van der Waals surface area contributed by atoms with Crippen LogP contribution in [0, 0.1) is 24.0 Å². The molecule has 0 amide bonds. The lowest BCUT2D eigenvalue weighted by molar-refractivity contribution is 0.505. The van der Waals surface area contributed by atoms with Crippen LogP contribution in [0.1, 0.15) is 18.5 Å². The summed E-state index contributed by atoms with van der Waals surface area (Å²) in [5.41, 5.74) is 0.563. The molecular formula is C11H11F2N. The third kappa shape index (κ3) is 2.30. The Bertz CT molecular complexity index is 355. The highest BCUT2D eigenvalue weighted by atomic mass is 19.2. The number of rotatable bonds is 3. The number of halogens is 2. The molecule has 0 bridgehead atoms. The maximum absolute atomic E-state index is 12.8. The maximum atomic E-state index is 12.8. The monoisotopic (exact) mass is 195 g/mol. The molecule has 1 nitrogen and oxygen atoms in total. The van der Waals surface area contributed by atoms with E-state index in [4.69, 9.17) is 6.42 Å². The summed E-state index contributed by atoms with van der Waals surface area (Å²) in [6.45, 7) is 2.57. The van der Waals surface area contributed by atoms with Crippen molar-refractivity contribution < 1.29 is 8.78 Å². The maximum Gasteiger partial charge on any atom is 0.159 e. The van der Waals surface area contributed by atoms with Crippen LogP contribution < -0.4 is 5.32 Å². The van der Waals surface area contributed by atoms with Crippen LogP contribution in [0.4, 0.5) is 8.78 Å². The van der Waals surface area contributed by atoms with Gasteiger partial charge in [-0.15, -0.1) is 6.42 Å². The first-order chi connectivity index (χ1) is 6.69. The van der Waals surface area contributed by atoms with Gasteiger partial charge >= 0.3 is 0 Å². The first-order valence-electron chi connectivity index (χ1n) is 4.33. The summed E-state index contributed by atoms with van der Waals surface area (Å²) >= 11 is 0. The molecule has 1 rings (SSSR count). The van der Waals surface area contributed by atoms with Gasteiger partial charge in [0.1, 0.15) is 0 Å². The molecule has 3 heteroatoms. The highest BCUT2D eigenvalue weighted by Gasteiger charge is 2.09. The van der Waals surface area contributed by atoms with Crippen molar-refractivity contribution in [1.29, 1.82) is 0 Å². The van der Waals surface area contributed by atoms with Crippen molar-refractivity contribution in [3.63, 3.8) is 0 Å². The van der Waals surface area contributed by atoms with Gasteiger partial charge < -0.3 is 5.32 Å². The van der Waals surface area contributed by atoms with Gasteiger partial charge in [0, 0.05) is 0 Å². The molecule has 1 aromatic carbocycles. The standard InChI is InChI=1S/C11H11F2N/c1-3-11(14-4-2)8-5-6-9(12)10(13)7-8/h1,5-7,11,14H,4H2,2H3. The van der Waals surface area contributed by atoms with Gasteiger partial charge in [-0.05, 0) is 24.2 Å². The molecule has 0 radical (unpaired) electrons. The average Bonchev–Trinajstić information content (AvgIpc) is 2.19. The van der Waals surface area contributed by atoms with E-state index >= 15 is 0 Å². The van der Waals surface area contributed by atoms with Gasteiger partial charge in [0.15, 0.2) is 11.6 Å². The van der Waals surface area contributed by atoms with Crippen LogP contribution >= 0.6 is 0 Å². The molecular weight excluding hydrogens is 184 g/mol. The molecule has 1 N–H and O–H groups in total. The van der Waals surface area contributed by atoms with Crippen molar-refractivity contribution >= 4 is 0 Å². The van der Waals surface area contributed by atoms with E-state index in [1.165, 1.54) is 6.07 Å². The van der Waals surface area contributed by atoms with E-state index in [1.807, 2.05) is 6.92 Å². The van der Waals surface area contributed by atoms with Crippen LogP contribution in [-0.2, 0) is 0 Å². The van der Waals surface area contributed by atoms with Gasteiger partial charge in [-0.1, -0.05) is 18.9 Å². The van der Waals surface area contributed by atoms with Crippen molar-refractivity contribution in [3.8, 4) is 12.3 Å². The summed E-state index contributed by atoms with van der Waals surface area (Å²) in [7, 11) is 0. The van der Waals surface area contributed by atoms with Crippen molar-refractivity contribution in [2.24, 2.45) is 0 Å². The summed E-state index contributed by atoms with van der Waals surface area (Å²) in [6, 6.07) is 3.30. The Morgan fingerprint density at radius 2 is 2.14 bits per heavy atom. The summed E-state index contributed by atoms with van der Waals surface area (Å²) < 4.78 is 25.4. The summed E-state index contributed by atoms with van der Waals surface area (Å²) in [4.78, 5) is 0. The number of benzene rings is 1. The Morgan fingerprint density at radius 1 is 1.43 bits per heavy atom. The molecule has 0 saturated carbocycles. The van der Waals surface area contributed by atoms with Crippen LogP contribution in [0.5, 0.6) is 0 Å². The minimum atomic E-state index is -0.874. The Kier molecular flexibility index (Phi) is 3.61. The second kappa shape index (κ2) is 4.73. The van der Waals surface area contributed by atoms with Crippen LogP contribution in [0.15, 0.2) is 18.2 Å². The molecule has 1 atom stereocenters. The molecule has 0 spiro atoms. The fraction of sp³-hybridized carbons (Fsp3) is 0.273. The molecule has 1 aromatic rings. The smallest absolute Gasteiger partial charge is 0.159 e. The van der Waals surface area contributed by atoms with E-state index in [1.54, 1.807) is 0 Å². The number of hydrogen-bond donors (Lipinski definition) is 1. The zero-order valence-electron chi connectivity index (χ0n) is 7.85. The highest BCUT2D eigenvalue weighted by molar-refractivity contribution is 5.26. The van der Waals surface area contributed by atoms with Crippen molar-refractivity contribution in [1.82, 2.24) is 5.32 Å². The van der Waals surface area contributed by atoms with Crippen molar-refractivity contribution in [2.75, 3.05) is 6.54 Å². The average molecular weight is 195 g/mol. The Morgan fingerprint density at radius 3 is 2.64 bits per heavy atom. The quantitative estimate of drug-likeness (QED) is 0.729. The zero-order valence-corrected chi connectivity index (χ0v) is 7.85. The Hall–Kier alpha value is -1.40. The number of nitrogens with one attached hydrogen (secondary N) is 1. The molecule has 0 aliphatic carbocycles. The second-order valence-electron chi connectivity index (χ2n) is 2.83. The fourth-order valence-electron chi connectivity index (χ4n) is 1.17. The molecule has 0 heterocycles. The molecule has 0 aliphatic rings. The lowest BCUT2D eigenvalue weighted by atomic mass is 10.1. The number of hydrogen-bond acceptors (Lipinski definition) is 1. The van der Waals surface area contributed by atoms with E-state index in [9.17, 15) is 8.78 Å². The molecule has 0 aromatic heterocycles. The first kappa shape index (κ1) is 10.7. The minimum absolute atomic E-state index is 0.366. The predicted molar refractivity (Wildman–Crippen MR) is 51.6 cm³/mol. The Balaban J connectivity index is 2.95. The van der Waals surface area contributed by atoms with Gasteiger partial charge in [0.05, 0.1) is 6.04 Å². The third-order valence-corrected chi connectivity index (χ3v) is 1.85. The Labute approximate surface area is 82.1 Å². The zero-order chi connectivity index (χ0) is 10.6. The van der Waals surface area contributed by atoms with Crippen LogP contribution in [0.2, 0.25) is 0 Å². The number of terminal acetylenes is 1. The van der Waals surface area contributed by atoms with Crippen molar-refractivity contribution in [2.45, 2.75) is 13.0 Å². The largest absolute Gasteiger partial charge is 0.300 e. The molecule has 1 unspecified atom stereocenters. The van der Waals surface area contributed by atoms with E-state index in [-0.39, 0.29) is 6.04 Å². The van der Waals surface area contributed by atoms with Gasteiger partial charge in [-0.25, -0.2) is 8.78 Å². The second-order valence-corrected chi connectivity index (χ2v) is 2.83. The summed E-state index contributed by atoms with van der Waals surface area (Å²) in [5, 5.41) is 2.97. The highest BCUT2D eigenvalue weighted by Crippen LogP contribution is 2.15. The van der Waals surface area contributed by atoms with Crippen LogP contribution in [0.25, 0.3) is 0 Å². The summed E-state index contributed by atoms with van der Waals surface area (Å²) in [6.07, 6.45) is 5.25. The fourth-order valence-corrected chi connectivity index (χ4v) is 1.17. The van der Waals surface area contributed by atoms with E-state index in [0.717, 1.165) is 12.1 Å². The van der Waals surface area contributed by atoms with Gasteiger partial charge in [-0.2, -0.15) is 0 Å². The van der Waals surface area contributed by atoms with Crippen LogP contribution in [0.3, 0.4) is 0 Å². The first-order valence-corrected chi connectivity index (χ1v) is 4.33. The third-order valence-electron chi connectivity index (χ3n) is 1.85. The molecule has 0 saturated heterocycles. The lowest BCUT2D eigenvalue weighted by Crippen LogP contribution is -2.19. The molecule has 14 heavy (non-hydrogen) atoms.